The molecule has 15 heavy (non-hydrogen) atoms. The molecule has 1 fully saturated rings. The summed E-state index contributed by atoms with van der Waals surface area (Å²) in [5.74, 6) is 0.179. The van der Waals surface area contributed by atoms with E-state index in [4.69, 9.17) is 0 Å². The minimum Gasteiger partial charge on any atom is -0.354 e. The van der Waals surface area contributed by atoms with Crippen LogP contribution >= 0.6 is 11.8 Å². The van der Waals surface area contributed by atoms with Gasteiger partial charge in [-0.1, -0.05) is 19.8 Å². The number of hydrogen-bond donors (Lipinski definition) is 2. The van der Waals surface area contributed by atoms with E-state index in [0.717, 1.165) is 19.5 Å². The van der Waals surface area contributed by atoms with Crippen molar-refractivity contribution in [3.63, 3.8) is 0 Å². The number of rotatable bonds is 4. The van der Waals surface area contributed by atoms with E-state index in [1.165, 1.54) is 19.3 Å². The average molecular weight is 230 g/mol. The fraction of sp³-hybridized carbons (Fsp3) is 0.909. The van der Waals surface area contributed by atoms with Crippen LogP contribution in [0.1, 0.15) is 32.6 Å². The Labute approximate surface area is 96.8 Å². The van der Waals surface area contributed by atoms with E-state index in [1.54, 1.807) is 11.8 Å². The third-order valence-corrected chi connectivity index (χ3v) is 3.81. The van der Waals surface area contributed by atoms with Gasteiger partial charge in [0, 0.05) is 11.8 Å². The van der Waals surface area contributed by atoms with Gasteiger partial charge in [0.2, 0.25) is 5.91 Å². The first-order valence-electron chi connectivity index (χ1n) is 5.78. The second kappa shape index (κ2) is 7.12. The summed E-state index contributed by atoms with van der Waals surface area (Å²) in [6, 6.07) is 0.0431. The lowest BCUT2D eigenvalue weighted by Crippen LogP contribution is -2.45. The van der Waals surface area contributed by atoms with Crippen LogP contribution in [0.5, 0.6) is 0 Å². The molecular formula is C11H22N2OS. The van der Waals surface area contributed by atoms with E-state index >= 15 is 0 Å². The standard InChI is InChI=1S/C11H22N2OS/c1-9(15-2)8-13-11(14)10-6-4-3-5-7-12-10/h9-10,12H,3-8H2,1-2H3,(H,13,14). The van der Waals surface area contributed by atoms with Gasteiger partial charge in [0.15, 0.2) is 0 Å². The molecule has 1 rings (SSSR count). The topological polar surface area (TPSA) is 41.1 Å². The third-order valence-electron chi connectivity index (χ3n) is 2.84. The summed E-state index contributed by atoms with van der Waals surface area (Å²) in [6.07, 6.45) is 6.67. The van der Waals surface area contributed by atoms with Gasteiger partial charge in [-0.2, -0.15) is 11.8 Å². The minimum absolute atomic E-state index is 0.0431. The lowest BCUT2D eigenvalue weighted by Gasteiger charge is -2.17. The monoisotopic (exact) mass is 230 g/mol. The molecule has 0 aromatic rings. The number of nitrogens with one attached hydrogen (secondary N) is 2. The summed E-state index contributed by atoms with van der Waals surface area (Å²) in [5.41, 5.74) is 0. The quantitative estimate of drug-likeness (QED) is 0.767. The third kappa shape index (κ3) is 4.89. The Morgan fingerprint density at radius 3 is 3.07 bits per heavy atom. The molecule has 3 nitrogen and oxygen atoms in total. The van der Waals surface area contributed by atoms with Crippen molar-refractivity contribution in [1.29, 1.82) is 0 Å². The molecule has 1 amide bonds. The van der Waals surface area contributed by atoms with E-state index in [2.05, 4.69) is 23.8 Å². The molecule has 1 aliphatic heterocycles. The Hall–Kier alpha value is -0.220. The van der Waals surface area contributed by atoms with Gasteiger partial charge >= 0.3 is 0 Å². The number of carbonyl (C=O) groups excluding carboxylic acids is 1. The second-order valence-corrected chi connectivity index (χ2v) is 5.42. The fourth-order valence-electron chi connectivity index (χ4n) is 1.70. The van der Waals surface area contributed by atoms with E-state index in [0.29, 0.717) is 5.25 Å². The summed E-state index contributed by atoms with van der Waals surface area (Å²) < 4.78 is 0. The van der Waals surface area contributed by atoms with Crippen molar-refractivity contribution < 1.29 is 4.79 Å². The van der Waals surface area contributed by atoms with E-state index in [9.17, 15) is 4.79 Å². The fourth-order valence-corrected chi connectivity index (χ4v) is 1.95. The molecule has 0 radical (unpaired) electrons. The zero-order chi connectivity index (χ0) is 11.1. The molecule has 0 aromatic carbocycles. The number of thioether (sulfide) groups is 1. The van der Waals surface area contributed by atoms with Crippen LogP contribution in [0.3, 0.4) is 0 Å². The summed E-state index contributed by atoms with van der Waals surface area (Å²) in [6.45, 7) is 3.89. The maximum Gasteiger partial charge on any atom is 0.237 e. The van der Waals surface area contributed by atoms with Crippen LogP contribution in [0.15, 0.2) is 0 Å². The van der Waals surface area contributed by atoms with Gasteiger partial charge in [0.05, 0.1) is 6.04 Å². The van der Waals surface area contributed by atoms with Gasteiger partial charge in [-0.3, -0.25) is 4.79 Å². The molecule has 1 saturated heterocycles. The van der Waals surface area contributed by atoms with Crippen LogP contribution < -0.4 is 10.6 Å². The van der Waals surface area contributed by atoms with Crippen molar-refractivity contribution in [2.45, 2.75) is 43.9 Å². The number of amides is 1. The van der Waals surface area contributed by atoms with Crippen molar-refractivity contribution >= 4 is 17.7 Å². The minimum atomic E-state index is 0.0431. The van der Waals surface area contributed by atoms with Gasteiger partial charge in [0.25, 0.3) is 0 Å². The Morgan fingerprint density at radius 1 is 1.53 bits per heavy atom. The summed E-state index contributed by atoms with van der Waals surface area (Å²) in [4.78, 5) is 11.8. The zero-order valence-electron chi connectivity index (χ0n) is 9.71. The van der Waals surface area contributed by atoms with Gasteiger partial charge in [-0.05, 0) is 25.6 Å². The van der Waals surface area contributed by atoms with Gasteiger partial charge in [-0.25, -0.2) is 0 Å². The van der Waals surface area contributed by atoms with E-state index in [1.807, 2.05) is 0 Å². The SMILES string of the molecule is CSC(C)CNC(=O)C1CCCCCN1. The number of hydrogen-bond acceptors (Lipinski definition) is 3. The molecule has 88 valence electrons. The van der Waals surface area contributed by atoms with Gasteiger partial charge in [-0.15, -0.1) is 0 Å². The van der Waals surface area contributed by atoms with Gasteiger partial charge in [0.1, 0.15) is 0 Å². The normalized spacial score (nSPS) is 24.3. The smallest absolute Gasteiger partial charge is 0.237 e. The average Bonchev–Trinajstić information content (AvgIpc) is 2.53. The Balaban J connectivity index is 2.25. The molecule has 4 heteroatoms. The molecule has 2 atom stereocenters. The molecular weight excluding hydrogens is 208 g/mol. The van der Waals surface area contributed by atoms with Crippen LogP contribution in [0.4, 0.5) is 0 Å². The first-order valence-corrected chi connectivity index (χ1v) is 7.06. The lowest BCUT2D eigenvalue weighted by atomic mass is 10.1. The highest BCUT2D eigenvalue weighted by atomic mass is 32.2. The van der Waals surface area contributed by atoms with Gasteiger partial charge < -0.3 is 10.6 Å². The molecule has 0 bridgehead atoms. The lowest BCUT2D eigenvalue weighted by molar-refractivity contribution is -0.123. The Morgan fingerprint density at radius 2 is 2.33 bits per heavy atom. The molecule has 2 unspecified atom stereocenters. The van der Waals surface area contributed by atoms with Crippen molar-refractivity contribution in [2.24, 2.45) is 0 Å². The Kier molecular flexibility index (Phi) is 6.10. The maximum absolute atomic E-state index is 11.8. The van der Waals surface area contributed by atoms with E-state index < -0.39 is 0 Å². The first-order chi connectivity index (χ1) is 7.24. The highest BCUT2D eigenvalue weighted by molar-refractivity contribution is 7.99. The van der Waals surface area contributed by atoms with Crippen molar-refractivity contribution in [3.8, 4) is 0 Å². The molecule has 0 aliphatic carbocycles. The summed E-state index contributed by atoms with van der Waals surface area (Å²) >= 11 is 1.78. The van der Waals surface area contributed by atoms with Crippen LogP contribution in [-0.4, -0.2) is 36.5 Å². The van der Waals surface area contributed by atoms with E-state index in [-0.39, 0.29) is 11.9 Å². The van der Waals surface area contributed by atoms with Crippen LogP contribution in [0, 0.1) is 0 Å². The molecule has 0 aromatic heterocycles. The van der Waals surface area contributed by atoms with Crippen LogP contribution in [0.2, 0.25) is 0 Å². The highest BCUT2D eigenvalue weighted by Crippen LogP contribution is 2.09. The largest absolute Gasteiger partial charge is 0.354 e. The predicted octanol–water partition coefficient (Wildman–Crippen LogP) is 1.39. The summed E-state index contributed by atoms with van der Waals surface area (Å²) in [7, 11) is 0. The predicted molar refractivity (Wildman–Crippen MR) is 66.2 cm³/mol. The van der Waals surface area contributed by atoms with Crippen molar-refractivity contribution in [1.82, 2.24) is 10.6 Å². The maximum atomic E-state index is 11.8. The van der Waals surface area contributed by atoms with Crippen LogP contribution in [0.25, 0.3) is 0 Å². The zero-order valence-corrected chi connectivity index (χ0v) is 10.5. The second-order valence-electron chi connectivity index (χ2n) is 4.15. The molecule has 1 aliphatic rings. The molecule has 1 heterocycles. The highest BCUT2D eigenvalue weighted by Gasteiger charge is 2.19. The molecule has 0 saturated carbocycles. The molecule has 0 spiro atoms. The number of carbonyl (C=O) groups is 1. The van der Waals surface area contributed by atoms with Crippen LogP contribution in [-0.2, 0) is 4.79 Å². The first kappa shape index (κ1) is 12.8. The van der Waals surface area contributed by atoms with Crippen molar-refractivity contribution in [2.75, 3.05) is 19.3 Å². The Bertz CT molecular complexity index is 191. The van der Waals surface area contributed by atoms with Crippen molar-refractivity contribution in [3.05, 3.63) is 0 Å². The summed E-state index contributed by atoms with van der Waals surface area (Å²) in [5, 5.41) is 6.81. The molecule has 2 N–H and O–H groups in total.